The fraction of sp³-hybridized carbons (Fsp3) is 1.00. The van der Waals surface area contributed by atoms with Gasteiger partial charge in [0.15, 0.2) is 0 Å². The zero-order valence-corrected chi connectivity index (χ0v) is 9.21. The van der Waals surface area contributed by atoms with E-state index in [1.54, 1.807) is 0 Å². The van der Waals surface area contributed by atoms with Crippen LogP contribution >= 0.6 is 15.9 Å². The van der Waals surface area contributed by atoms with E-state index in [1.165, 1.54) is 6.92 Å². The fourth-order valence-electron chi connectivity index (χ4n) is 0.676. The molecule has 0 radical (unpaired) electrons. The van der Waals surface area contributed by atoms with Crippen molar-refractivity contribution in [2.24, 2.45) is 0 Å². The Bertz CT molecular complexity index is 251. The summed E-state index contributed by atoms with van der Waals surface area (Å²) in [5.41, 5.74) is 0. The lowest BCUT2D eigenvalue weighted by Gasteiger charge is -2.20. The number of nitrogens with zero attached hydrogens (tertiary/aromatic N) is 1. The van der Waals surface area contributed by atoms with Crippen molar-refractivity contribution in [1.82, 2.24) is 4.31 Å². The minimum Gasteiger partial charge on any atom is -0.211 e. The average Bonchev–Trinajstić information content (AvgIpc) is 1.98. The van der Waals surface area contributed by atoms with E-state index in [0.717, 1.165) is 0 Å². The van der Waals surface area contributed by atoms with Crippen molar-refractivity contribution in [2.75, 3.05) is 17.8 Å². The minimum absolute atomic E-state index is 0.187. The molecular formula is C5H9BrF3NO2S. The highest BCUT2D eigenvalue weighted by atomic mass is 79.9. The molecule has 0 rings (SSSR count). The number of alkyl halides is 4. The van der Waals surface area contributed by atoms with Crippen molar-refractivity contribution in [2.45, 2.75) is 13.1 Å². The molecule has 0 amide bonds. The van der Waals surface area contributed by atoms with Crippen molar-refractivity contribution in [3.05, 3.63) is 0 Å². The fourth-order valence-corrected chi connectivity index (χ4v) is 2.42. The second-order valence-electron chi connectivity index (χ2n) is 2.26. The van der Waals surface area contributed by atoms with Crippen LogP contribution in [-0.4, -0.2) is 36.7 Å². The predicted molar refractivity (Wildman–Crippen MR) is 46.0 cm³/mol. The van der Waals surface area contributed by atoms with E-state index in [9.17, 15) is 21.6 Å². The van der Waals surface area contributed by atoms with Crippen LogP contribution < -0.4 is 0 Å². The highest BCUT2D eigenvalue weighted by Gasteiger charge is 2.34. The average molecular weight is 284 g/mol. The van der Waals surface area contributed by atoms with Gasteiger partial charge in [-0.3, -0.25) is 0 Å². The molecule has 0 aliphatic heterocycles. The molecule has 0 aliphatic rings. The third-order valence-corrected chi connectivity index (χ3v) is 4.43. The van der Waals surface area contributed by atoms with Gasteiger partial charge in [0.05, 0.1) is 0 Å². The zero-order valence-electron chi connectivity index (χ0n) is 6.81. The maximum atomic E-state index is 11.8. The Labute approximate surface area is 83.1 Å². The normalized spacial score (nSPS) is 13.7. The smallest absolute Gasteiger partial charge is 0.211 e. The van der Waals surface area contributed by atoms with Gasteiger partial charge in [0, 0.05) is 6.54 Å². The molecule has 0 aromatic rings. The maximum absolute atomic E-state index is 11.8. The molecule has 0 fully saturated rings. The molecule has 0 bridgehead atoms. The van der Waals surface area contributed by atoms with Gasteiger partial charge >= 0.3 is 6.18 Å². The van der Waals surface area contributed by atoms with Gasteiger partial charge in [0.2, 0.25) is 10.0 Å². The summed E-state index contributed by atoms with van der Waals surface area (Å²) in [4.78, 5) is 0. The van der Waals surface area contributed by atoms with E-state index in [2.05, 4.69) is 15.9 Å². The Balaban J connectivity index is 4.55. The third kappa shape index (κ3) is 4.82. The first kappa shape index (κ1) is 13.2. The maximum Gasteiger partial charge on any atom is 0.402 e. The lowest BCUT2D eigenvalue weighted by molar-refractivity contribution is -0.135. The van der Waals surface area contributed by atoms with E-state index >= 15 is 0 Å². The standard InChI is InChI=1S/C5H9BrF3NO2S/c1-2-10(3-5(7,8)9)13(11,12)4-6/h2-4H2,1H3. The Morgan fingerprint density at radius 3 is 2.08 bits per heavy atom. The molecule has 0 N–H and O–H groups in total. The number of halogens is 4. The van der Waals surface area contributed by atoms with Crippen LogP contribution in [0.1, 0.15) is 6.92 Å². The summed E-state index contributed by atoms with van der Waals surface area (Å²) in [5.74, 6) is 0. The van der Waals surface area contributed by atoms with Crippen molar-refractivity contribution in [1.29, 1.82) is 0 Å². The summed E-state index contributed by atoms with van der Waals surface area (Å²) in [6, 6.07) is 0. The molecular weight excluding hydrogens is 275 g/mol. The molecule has 0 aromatic heterocycles. The van der Waals surface area contributed by atoms with Gasteiger partial charge < -0.3 is 0 Å². The lowest BCUT2D eigenvalue weighted by atomic mass is 10.6. The van der Waals surface area contributed by atoms with E-state index in [1.807, 2.05) is 0 Å². The lowest BCUT2D eigenvalue weighted by Crippen LogP contribution is -2.39. The minimum atomic E-state index is -4.49. The first-order valence-electron chi connectivity index (χ1n) is 3.33. The zero-order chi connectivity index (χ0) is 10.7. The van der Waals surface area contributed by atoms with Crippen LogP contribution in [0.4, 0.5) is 13.2 Å². The Morgan fingerprint density at radius 1 is 1.38 bits per heavy atom. The molecule has 8 heteroatoms. The van der Waals surface area contributed by atoms with Crippen LogP contribution in [-0.2, 0) is 10.0 Å². The summed E-state index contributed by atoms with van der Waals surface area (Å²) >= 11 is 2.62. The first-order valence-corrected chi connectivity index (χ1v) is 6.06. The molecule has 3 nitrogen and oxygen atoms in total. The molecule has 0 saturated carbocycles. The molecule has 0 aromatic carbocycles. The van der Waals surface area contributed by atoms with E-state index < -0.39 is 27.4 Å². The highest BCUT2D eigenvalue weighted by molar-refractivity contribution is 9.10. The van der Waals surface area contributed by atoms with Crippen LogP contribution in [0.25, 0.3) is 0 Å². The predicted octanol–water partition coefficient (Wildman–Crippen LogP) is 1.55. The molecule has 13 heavy (non-hydrogen) atoms. The van der Waals surface area contributed by atoms with E-state index in [0.29, 0.717) is 4.31 Å². The summed E-state index contributed by atoms with van der Waals surface area (Å²) in [5, 5.41) is 0. The molecule has 0 aliphatic carbocycles. The quantitative estimate of drug-likeness (QED) is 0.735. The number of hydrogen-bond acceptors (Lipinski definition) is 2. The van der Waals surface area contributed by atoms with Crippen LogP contribution in [0.15, 0.2) is 0 Å². The van der Waals surface area contributed by atoms with Crippen molar-refractivity contribution < 1.29 is 21.6 Å². The second kappa shape index (κ2) is 4.61. The van der Waals surface area contributed by atoms with Gasteiger partial charge in [0.1, 0.15) is 11.2 Å². The van der Waals surface area contributed by atoms with Gasteiger partial charge in [-0.15, -0.1) is 0 Å². The Kier molecular flexibility index (Phi) is 4.67. The Hall–Kier alpha value is 0.180. The molecule has 0 heterocycles. The van der Waals surface area contributed by atoms with Crippen molar-refractivity contribution >= 4 is 26.0 Å². The summed E-state index contributed by atoms with van der Waals surface area (Å²) in [6.07, 6.45) is -4.49. The molecule has 80 valence electrons. The second-order valence-corrected chi connectivity index (χ2v) is 5.53. The number of sulfonamides is 1. The summed E-state index contributed by atoms with van der Waals surface area (Å²) in [6.45, 7) is -0.267. The summed E-state index contributed by atoms with van der Waals surface area (Å²) in [7, 11) is -3.81. The molecule has 0 atom stereocenters. The molecule has 0 spiro atoms. The topological polar surface area (TPSA) is 37.4 Å². The largest absolute Gasteiger partial charge is 0.402 e. The number of rotatable bonds is 4. The molecule has 0 unspecified atom stereocenters. The van der Waals surface area contributed by atoms with Crippen molar-refractivity contribution in [3.63, 3.8) is 0 Å². The van der Waals surface area contributed by atoms with Gasteiger partial charge in [0.25, 0.3) is 0 Å². The molecule has 0 saturated heterocycles. The van der Waals surface area contributed by atoms with E-state index in [4.69, 9.17) is 0 Å². The first-order chi connectivity index (χ1) is 5.73. The van der Waals surface area contributed by atoms with Gasteiger partial charge in [-0.05, 0) is 0 Å². The van der Waals surface area contributed by atoms with Crippen LogP contribution in [0.2, 0.25) is 0 Å². The van der Waals surface area contributed by atoms with Crippen LogP contribution in [0.3, 0.4) is 0 Å². The number of hydrogen-bond donors (Lipinski definition) is 0. The highest BCUT2D eigenvalue weighted by Crippen LogP contribution is 2.18. The van der Waals surface area contributed by atoms with E-state index in [-0.39, 0.29) is 6.54 Å². The van der Waals surface area contributed by atoms with Gasteiger partial charge in [-0.2, -0.15) is 17.5 Å². The third-order valence-electron chi connectivity index (χ3n) is 1.24. The van der Waals surface area contributed by atoms with Crippen molar-refractivity contribution in [3.8, 4) is 0 Å². The van der Waals surface area contributed by atoms with Gasteiger partial charge in [-0.1, -0.05) is 22.9 Å². The van der Waals surface area contributed by atoms with Crippen LogP contribution in [0, 0.1) is 0 Å². The van der Waals surface area contributed by atoms with Gasteiger partial charge in [-0.25, -0.2) is 8.42 Å². The summed E-state index contributed by atoms with van der Waals surface area (Å²) < 4.78 is 57.4. The monoisotopic (exact) mass is 283 g/mol. The SMILES string of the molecule is CCN(CC(F)(F)F)S(=O)(=O)CBr. The Morgan fingerprint density at radius 2 is 1.85 bits per heavy atom. The van der Waals surface area contributed by atoms with Crippen LogP contribution in [0.5, 0.6) is 0 Å².